The Bertz CT molecular complexity index is 170. The molecule has 1 N–H and O–H groups in total. The van der Waals surface area contributed by atoms with Crippen LogP contribution >= 0.6 is 0 Å². The molecular formula is C15H32N2. The van der Waals surface area contributed by atoms with E-state index in [0.717, 1.165) is 0 Å². The van der Waals surface area contributed by atoms with Crippen molar-refractivity contribution < 1.29 is 0 Å². The van der Waals surface area contributed by atoms with Gasteiger partial charge in [0, 0.05) is 13.1 Å². The summed E-state index contributed by atoms with van der Waals surface area (Å²) in [6.07, 6.45) is 14.9. The van der Waals surface area contributed by atoms with Gasteiger partial charge in [-0.25, -0.2) is 0 Å². The number of unbranched alkanes of at least 4 members (excludes halogenated alkanes) is 8. The summed E-state index contributed by atoms with van der Waals surface area (Å²) in [4.78, 5) is 2.45. The molecule has 0 aromatic carbocycles. The molecule has 1 fully saturated rings. The average molecular weight is 240 g/mol. The molecule has 102 valence electrons. The molecule has 1 unspecified atom stereocenters. The van der Waals surface area contributed by atoms with Gasteiger partial charge in [-0.15, -0.1) is 0 Å². The summed E-state index contributed by atoms with van der Waals surface area (Å²) in [5.74, 6) is 0. The summed E-state index contributed by atoms with van der Waals surface area (Å²) < 4.78 is 0. The van der Waals surface area contributed by atoms with E-state index in [1.807, 2.05) is 0 Å². The molecule has 1 heterocycles. The molecule has 17 heavy (non-hydrogen) atoms. The van der Waals surface area contributed by atoms with Gasteiger partial charge in [-0.05, 0) is 13.5 Å². The molecule has 1 saturated heterocycles. The number of hydrogen-bond donors (Lipinski definition) is 1. The highest BCUT2D eigenvalue weighted by atomic mass is 15.3. The van der Waals surface area contributed by atoms with Crippen molar-refractivity contribution in [2.45, 2.75) is 77.3 Å². The van der Waals surface area contributed by atoms with Crippen molar-refractivity contribution in [2.24, 2.45) is 0 Å². The van der Waals surface area contributed by atoms with E-state index in [4.69, 9.17) is 0 Å². The van der Waals surface area contributed by atoms with Gasteiger partial charge in [-0.2, -0.15) is 0 Å². The van der Waals surface area contributed by atoms with Crippen LogP contribution < -0.4 is 5.32 Å². The maximum absolute atomic E-state index is 3.56. The predicted octanol–water partition coefficient (Wildman–Crippen LogP) is 3.77. The quantitative estimate of drug-likeness (QED) is 0.585. The minimum Gasteiger partial charge on any atom is -0.300 e. The molecule has 1 aliphatic heterocycles. The van der Waals surface area contributed by atoms with Gasteiger partial charge in [-0.1, -0.05) is 64.7 Å². The Balaban J connectivity index is 1.78. The van der Waals surface area contributed by atoms with Crippen molar-refractivity contribution in [2.75, 3.05) is 20.1 Å². The maximum Gasteiger partial charge on any atom is 0.0595 e. The van der Waals surface area contributed by atoms with Crippen LogP contribution in [0.25, 0.3) is 0 Å². The molecule has 1 rings (SSSR count). The third-order valence-electron chi connectivity index (χ3n) is 3.96. The molecule has 2 heteroatoms. The topological polar surface area (TPSA) is 15.3 Å². The van der Waals surface area contributed by atoms with Crippen LogP contribution in [-0.4, -0.2) is 31.2 Å². The maximum atomic E-state index is 3.56. The number of rotatable bonds is 10. The minimum atomic E-state index is 0.666. The largest absolute Gasteiger partial charge is 0.300 e. The lowest BCUT2D eigenvalue weighted by molar-refractivity contribution is 0.272. The lowest BCUT2D eigenvalue weighted by atomic mass is 10.1. The number of hydrogen-bond acceptors (Lipinski definition) is 2. The second-order valence-corrected chi connectivity index (χ2v) is 5.57. The number of likely N-dealkylation sites (N-methyl/N-ethyl adjacent to an activating group) is 1. The van der Waals surface area contributed by atoms with Crippen molar-refractivity contribution in [1.82, 2.24) is 10.2 Å². The first-order valence-corrected chi connectivity index (χ1v) is 7.78. The van der Waals surface area contributed by atoms with Gasteiger partial charge < -0.3 is 5.32 Å². The highest BCUT2D eigenvalue weighted by molar-refractivity contribution is 4.74. The van der Waals surface area contributed by atoms with Crippen LogP contribution in [0.3, 0.4) is 0 Å². The molecule has 0 saturated carbocycles. The zero-order chi connectivity index (χ0) is 12.3. The zero-order valence-electron chi connectivity index (χ0n) is 12.0. The first-order chi connectivity index (χ1) is 8.34. The normalized spacial score (nSPS) is 21.2. The van der Waals surface area contributed by atoms with Crippen LogP contribution in [0.15, 0.2) is 0 Å². The summed E-state index contributed by atoms with van der Waals surface area (Å²) in [6, 6.07) is 0. The Kier molecular flexibility index (Phi) is 8.72. The van der Waals surface area contributed by atoms with Crippen molar-refractivity contribution in [1.29, 1.82) is 0 Å². The van der Waals surface area contributed by atoms with Crippen molar-refractivity contribution in [3.63, 3.8) is 0 Å². The molecule has 0 radical (unpaired) electrons. The van der Waals surface area contributed by atoms with E-state index in [2.05, 4.69) is 24.2 Å². The van der Waals surface area contributed by atoms with Crippen LogP contribution in [0.5, 0.6) is 0 Å². The van der Waals surface area contributed by atoms with Crippen LogP contribution in [0.2, 0.25) is 0 Å². The van der Waals surface area contributed by atoms with E-state index in [9.17, 15) is 0 Å². The molecule has 2 nitrogen and oxygen atoms in total. The Morgan fingerprint density at radius 1 is 0.941 bits per heavy atom. The Labute approximate surface area is 108 Å². The third kappa shape index (κ3) is 7.05. The van der Waals surface area contributed by atoms with Gasteiger partial charge in [0.05, 0.1) is 6.17 Å². The smallest absolute Gasteiger partial charge is 0.0595 e. The van der Waals surface area contributed by atoms with E-state index < -0.39 is 0 Å². The Morgan fingerprint density at radius 3 is 2.06 bits per heavy atom. The molecule has 0 amide bonds. The minimum absolute atomic E-state index is 0.666. The summed E-state index contributed by atoms with van der Waals surface area (Å²) in [7, 11) is 2.23. The fourth-order valence-corrected chi connectivity index (χ4v) is 2.69. The van der Waals surface area contributed by atoms with E-state index in [0.29, 0.717) is 6.17 Å². The average Bonchev–Trinajstić information content (AvgIpc) is 2.73. The van der Waals surface area contributed by atoms with Gasteiger partial charge in [0.15, 0.2) is 0 Å². The second-order valence-electron chi connectivity index (χ2n) is 5.57. The molecule has 0 spiro atoms. The summed E-state index contributed by atoms with van der Waals surface area (Å²) in [5.41, 5.74) is 0. The monoisotopic (exact) mass is 240 g/mol. The van der Waals surface area contributed by atoms with Crippen molar-refractivity contribution in [3.8, 4) is 0 Å². The fourth-order valence-electron chi connectivity index (χ4n) is 2.69. The Morgan fingerprint density at radius 2 is 1.53 bits per heavy atom. The molecular weight excluding hydrogens is 208 g/mol. The molecule has 1 aliphatic rings. The lowest BCUT2D eigenvalue weighted by Gasteiger charge is -2.18. The highest BCUT2D eigenvalue weighted by Gasteiger charge is 2.18. The van der Waals surface area contributed by atoms with Gasteiger partial charge in [-0.3, -0.25) is 4.90 Å². The first kappa shape index (κ1) is 15.0. The molecule has 0 bridgehead atoms. The third-order valence-corrected chi connectivity index (χ3v) is 3.96. The zero-order valence-corrected chi connectivity index (χ0v) is 12.0. The Hall–Kier alpha value is -0.0800. The van der Waals surface area contributed by atoms with Gasteiger partial charge in [0.2, 0.25) is 0 Å². The summed E-state index contributed by atoms with van der Waals surface area (Å²) >= 11 is 0. The number of nitrogens with one attached hydrogen (secondary N) is 1. The standard InChI is InChI=1S/C15H32N2/c1-3-4-5-6-7-8-9-10-11-12-15-16-13-14-17(15)2/h15-16H,3-14H2,1-2H3. The molecule has 0 aromatic heterocycles. The van der Waals surface area contributed by atoms with E-state index in [-0.39, 0.29) is 0 Å². The van der Waals surface area contributed by atoms with E-state index in [1.54, 1.807) is 0 Å². The fraction of sp³-hybridized carbons (Fsp3) is 1.00. The van der Waals surface area contributed by atoms with Gasteiger partial charge >= 0.3 is 0 Å². The summed E-state index contributed by atoms with van der Waals surface area (Å²) in [5, 5.41) is 3.56. The molecule has 1 atom stereocenters. The number of nitrogens with zero attached hydrogens (tertiary/aromatic N) is 1. The van der Waals surface area contributed by atoms with Crippen molar-refractivity contribution >= 4 is 0 Å². The SMILES string of the molecule is CCCCCCCCCCCC1NCCN1C. The second kappa shape index (κ2) is 9.90. The van der Waals surface area contributed by atoms with Gasteiger partial charge in [0.1, 0.15) is 0 Å². The van der Waals surface area contributed by atoms with Crippen molar-refractivity contribution in [3.05, 3.63) is 0 Å². The predicted molar refractivity (Wildman–Crippen MR) is 76.3 cm³/mol. The van der Waals surface area contributed by atoms with E-state index in [1.165, 1.54) is 77.3 Å². The van der Waals surface area contributed by atoms with Gasteiger partial charge in [0.25, 0.3) is 0 Å². The molecule has 0 aromatic rings. The van der Waals surface area contributed by atoms with Crippen LogP contribution in [-0.2, 0) is 0 Å². The van der Waals surface area contributed by atoms with E-state index >= 15 is 0 Å². The molecule has 0 aliphatic carbocycles. The first-order valence-electron chi connectivity index (χ1n) is 7.78. The van der Waals surface area contributed by atoms with Crippen LogP contribution in [0.1, 0.15) is 71.1 Å². The lowest BCUT2D eigenvalue weighted by Crippen LogP contribution is -2.32. The highest BCUT2D eigenvalue weighted by Crippen LogP contribution is 2.13. The van der Waals surface area contributed by atoms with Crippen LogP contribution in [0.4, 0.5) is 0 Å². The summed E-state index contributed by atoms with van der Waals surface area (Å²) in [6.45, 7) is 4.69. The van der Waals surface area contributed by atoms with Crippen LogP contribution in [0, 0.1) is 0 Å².